The van der Waals surface area contributed by atoms with Crippen molar-refractivity contribution in [2.24, 2.45) is 5.92 Å². The lowest BCUT2D eigenvalue weighted by Gasteiger charge is -2.40. The number of pyridine rings is 1. The quantitative estimate of drug-likeness (QED) is 0.363. The molecule has 0 saturated carbocycles. The van der Waals surface area contributed by atoms with E-state index in [1.807, 2.05) is 44.2 Å². The van der Waals surface area contributed by atoms with Crippen LogP contribution in [0.3, 0.4) is 0 Å². The van der Waals surface area contributed by atoms with Gasteiger partial charge in [0.05, 0.1) is 11.8 Å². The molecule has 3 heterocycles. The highest BCUT2D eigenvalue weighted by Crippen LogP contribution is 2.30. The second-order valence-electron chi connectivity index (χ2n) is 11.1. The van der Waals surface area contributed by atoms with E-state index in [9.17, 15) is 24.3 Å². The third-order valence-corrected chi connectivity index (χ3v) is 7.46. The van der Waals surface area contributed by atoms with Gasteiger partial charge >= 0.3 is 19.1 Å². The van der Waals surface area contributed by atoms with Crippen LogP contribution in [-0.4, -0.2) is 90.1 Å². The summed E-state index contributed by atoms with van der Waals surface area (Å²) in [6.45, 7) is 5.95. The lowest BCUT2D eigenvalue weighted by Crippen LogP contribution is -2.64. The van der Waals surface area contributed by atoms with Crippen molar-refractivity contribution in [2.45, 2.75) is 63.7 Å². The molecule has 218 valence electrons. The van der Waals surface area contributed by atoms with E-state index in [2.05, 4.69) is 15.6 Å². The van der Waals surface area contributed by atoms with E-state index < -0.39 is 60.8 Å². The number of aliphatic hydroxyl groups is 1. The summed E-state index contributed by atoms with van der Waals surface area (Å²) in [6, 6.07) is 11.8. The number of likely N-dealkylation sites (N-methyl/N-ethyl adjacent to an activating group) is 1. The number of carbonyl (C=O) groups excluding carboxylic acids is 4. The fourth-order valence-electron chi connectivity index (χ4n) is 5.26. The minimum absolute atomic E-state index is 0.0732. The molecule has 11 nitrogen and oxygen atoms in total. The Morgan fingerprint density at radius 2 is 1.68 bits per heavy atom. The van der Waals surface area contributed by atoms with Crippen LogP contribution >= 0.6 is 0 Å². The van der Waals surface area contributed by atoms with Crippen molar-refractivity contribution in [1.29, 1.82) is 0 Å². The fourth-order valence-corrected chi connectivity index (χ4v) is 5.26. The van der Waals surface area contributed by atoms with E-state index in [-0.39, 0.29) is 18.0 Å². The molecule has 0 radical (unpaired) electrons. The molecule has 4 rings (SSSR count). The first-order valence-corrected chi connectivity index (χ1v) is 13.9. The van der Waals surface area contributed by atoms with Gasteiger partial charge in [-0.1, -0.05) is 50.2 Å². The third-order valence-electron chi connectivity index (χ3n) is 7.46. The molecule has 1 amide bonds. The summed E-state index contributed by atoms with van der Waals surface area (Å²) in [5.41, 5.74) is 1.51. The monoisotopic (exact) mass is 564 g/mol. The Morgan fingerprint density at radius 1 is 1.05 bits per heavy atom. The number of fused-ring (bicyclic) bond motifs is 2. The highest BCUT2D eigenvalue weighted by Gasteiger charge is 2.48. The summed E-state index contributed by atoms with van der Waals surface area (Å²) in [7, 11) is 0.404. The standard InChI is InChI=1S/C29H37BN4O7/c1-17(2)13-20(30-40-28(38)23-15-31-16-24(34(23)4)29(39)41-30)14-25(36)26(18(3)35)33-27(37)22-12-8-11-21(32-22)19-9-6-5-7-10-19/h5-12,17-18,20,23-24,26,31,35H,13-16H2,1-4H3,(H,33,37)/t18-,20-,23+,24+,26+/m1/s1. The highest BCUT2D eigenvalue weighted by atomic mass is 16.6. The number of benzene rings is 1. The van der Waals surface area contributed by atoms with Crippen molar-refractivity contribution in [3.8, 4) is 11.3 Å². The Balaban J connectivity index is 1.51. The Morgan fingerprint density at radius 3 is 2.27 bits per heavy atom. The maximum absolute atomic E-state index is 13.5. The van der Waals surface area contributed by atoms with Crippen molar-refractivity contribution in [2.75, 3.05) is 20.1 Å². The molecule has 1 aromatic carbocycles. The van der Waals surface area contributed by atoms with Crippen LogP contribution in [0.1, 0.15) is 44.1 Å². The molecule has 2 aliphatic rings. The van der Waals surface area contributed by atoms with Gasteiger partial charge in [-0.15, -0.1) is 0 Å². The van der Waals surface area contributed by atoms with Gasteiger partial charge in [0.15, 0.2) is 5.78 Å². The van der Waals surface area contributed by atoms with Crippen LogP contribution in [0.4, 0.5) is 0 Å². The predicted molar refractivity (Wildman–Crippen MR) is 152 cm³/mol. The average molecular weight is 564 g/mol. The first-order valence-electron chi connectivity index (χ1n) is 13.9. The summed E-state index contributed by atoms with van der Waals surface area (Å²) in [5.74, 6) is -2.79. The van der Waals surface area contributed by atoms with Crippen LogP contribution in [0.25, 0.3) is 11.3 Å². The lowest BCUT2D eigenvalue weighted by atomic mass is 9.64. The van der Waals surface area contributed by atoms with Gasteiger partial charge in [0.1, 0.15) is 23.8 Å². The van der Waals surface area contributed by atoms with Gasteiger partial charge in [0.25, 0.3) is 5.91 Å². The Kier molecular flexibility index (Phi) is 9.90. The lowest BCUT2D eigenvalue weighted by molar-refractivity contribution is -0.156. The van der Waals surface area contributed by atoms with Crippen LogP contribution in [-0.2, 0) is 23.7 Å². The van der Waals surface area contributed by atoms with Crippen LogP contribution < -0.4 is 10.6 Å². The number of aliphatic hydroxyl groups excluding tert-OH is 1. The number of hydrogen-bond donors (Lipinski definition) is 3. The van der Waals surface area contributed by atoms with Gasteiger partial charge in [0, 0.05) is 30.9 Å². The molecule has 2 aromatic rings. The Labute approximate surface area is 240 Å². The van der Waals surface area contributed by atoms with E-state index in [0.717, 1.165) is 5.56 Å². The maximum atomic E-state index is 13.5. The summed E-state index contributed by atoms with van der Waals surface area (Å²) >= 11 is 0. The van der Waals surface area contributed by atoms with Gasteiger partial charge < -0.3 is 25.0 Å². The van der Waals surface area contributed by atoms with Crippen molar-refractivity contribution >= 4 is 30.7 Å². The maximum Gasteiger partial charge on any atom is 0.602 e. The van der Waals surface area contributed by atoms with Gasteiger partial charge in [-0.05, 0) is 38.4 Å². The molecule has 2 bridgehead atoms. The second-order valence-corrected chi connectivity index (χ2v) is 11.1. The van der Waals surface area contributed by atoms with E-state index >= 15 is 0 Å². The van der Waals surface area contributed by atoms with Gasteiger partial charge in [0.2, 0.25) is 0 Å². The average Bonchev–Trinajstić information content (AvgIpc) is 2.94. The molecule has 2 aliphatic heterocycles. The first-order chi connectivity index (χ1) is 19.5. The van der Waals surface area contributed by atoms with Crippen molar-refractivity contribution in [3.05, 3.63) is 54.2 Å². The molecule has 5 atom stereocenters. The molecule has 3 N–H and O–H groups in total. The molecule has 0 spiro atoms. The fraction of sp³-hybridized carbons (Fsp3) is 0.483. The van der Waals surface area contributed by atoms with E-state index in [1.54, 1.807) is 24.1 Å². The molecule has 2 saturated heterocycles. The normalized spacial score (nSPS) is 21.7. The topological polar surface area (TPSA) is 147 Å². The second kappa shape index (κ2) is 13.4. The van der Waals surface area contributed by atoms with Gasteiger partial charge in [-0.3, -0.25) is 24.1 Å². The number of ketones is 1. The number of amides is 1. The molecule has 12 heteroatoms. The largest absolute Gasteiger partial charge is 0.602 e. The zero-order valence-corrected chi connectivity index (χ0v) is 23.8. The Hall–Kier alpha value is -3.61. The van der Waals surface area contributed by atoms with Crippen LogP contribution in [0, 0.1) is 5.92 Å². The van der Waals surface area contributed by atoms with Crippen LogP contribution in [0.15, 0.2) is 48.5 Å². The number of nitrogens with zero attached hydrogens (tertiary/aromatic N) is 2. The number of aromatic nitrogens is 1. The van der Waals surface area contributed by atoms with Crippen molar-refractivity contribution in [3.63, 3.8) is 0 Å². The van der Waals surface area contributed by atoms with Crippen LogP contribution in [0.2, 0.25) is 5.82 Å². The molecular formula is C29H37BN4O7. The number of carbonyl (C=O) groups is 4. The minimum atomic E-state index is -1.27. The molecule has 0 unspecified atom stereocenters. The number of hydrogen-bond acceptors (Lipinski definition) is 10. The molecular weight excluding hydrogens is 527 g/mol. The predicted octanol–water partition coefficient (Wildman–Crippen LogP) is 1.46. The van der Waals surface area contributed by atoms with Gasteiger partial charge in [-0.2, -0.15) is 0 Å². The smallest absolute Gasteiger partial charge is 0.498 e. The number of Topliss-reactive ketones (excluding diaryl/α,β-unsaturated/α-hetero) is 1. The highest BCUT2D eigenvalue weighted by molar-refractivity contribution is 6.51. The van der Waals surface area contributed by atoms with Gasteiger partial charge in [-0.25, -0.2) is 4.98 Å². The Bertz CT molecular complexity index is 1230. The number of rotatable bonds is 10. The summed E-state index contributed by atoms with van der Waals surface area (Å²) in [4.78, 5) is 58.7. The van der Waals surface area contributed by atoms with Crippen molar-refractivity contribution < 1.29 is 33.6 Å². The summed E-state index contributed by atoms with van der Waals surface area (Å²) < 4.78 is 11.3. The van der Waals surface area contributed by atoms with Crippen LogP contribution in [0.5, 0.6) is 0 Å². The van der Waals surface area contributed by atoms with E-state index in [0.29, 0.717) is 25.2 Å². The SMILES string of the molecule is CC(C)C[C@H](CC(=O)[C@@H](NC(=O)c1cccc(-c2ccccc2)n1)[C@@H](C)O)B1OC(=O)[C@@H]2CNC[C@@H](C(=O)O1)N2C. The summed E-state index contributed by atoms with van der Waals surface area (Å²) in [5, 5.41) is 16.2. The first kappa shape index (κ1) is 30.4. The minimum Gasteiger partial charge on any atom is -0.498 e. The summed E-state index contributed by atoms with van der Waals surface area (Å²) in [6.07, 6.45) is -1.01. The number of nitrogens with one attached hydrogen (secondary N) is 2. The molecule has 41 heavy (non-hydrogen) atoms. The zero-order valence-electron chi connectivity index (χ0n) is 23.8. The molecule has 2 fully saturated rings. The van der Waals surface area contributed by atoms with E-state index in [1.165, 1.54) is 13.0 Å². The molecule has 1 aromatic heterocycles. The molecule has 0 aliphatic carbocycles. The zero-order chi connectivity index (χ0) is 29.7. The third kappa shape index (κ3) is 7.38. The van der Waals surface area contributed by atoms with Crippen molar-refractivity contribution in [1.82, 2.24) is 20.5 Å². The van der Waals surface area contributed by atoms with E-state index in [4.69, 9.17) is 9.31 Å². The number of piperazine rings is 1.